The molecule has 0 saturated carbocycles. The van der Waals surface area contributed by atoms with Crippen molar-refractivity contribution >= 4 is 28.8 Å². The predicted octanol–water partition coefficient (Wildman–Crippen LogP) is 5.11. The Morgan fingerprint density at radius 3 is 2.25 bits per heavy atom. The van der Waals surface area contributed by atoms with Gasteiger partial charge in [-0.15, -0.1) is 0 Å². The number of ether oxygens (including phenoxy) is 1. The number of hydrogen-bond donors (Lipinski definition) is 1. The molecule has 1 N–H and O–H groups in total. The molecule has 1 aliphatic rings. The normalized spacial score (nSPS) is 14.2. The van der Waals surface area contributed by atoms with Crippen LogP contribution in [0.4, 0.5) is 24.5 Å². The molecule has 3 aromatic rings. The third kappa shape index (κ3) is 3.94. The molecule has 8 heteroatoms. The molecule has 0 atom stereocenters. The van der Waals surface area contributed by atoms with E-state index in [0.29, 0.717) is 17.0 Å². The van der Waals surface area contributed by atoms with Gasteiger partial charge in [0.15, 0.2) is 0 Å². The second-order valence-corrected chi connectivity index (χ2v) is 6.97. The molecule has 3 aromatic carbocycles. The number of nitrogens with zero attached hydrogens (tertiary/aromatic N) is 1. The van der Waals surface area contributed by atoms with Crippen molar-refractivity contribution in [2.45, 2.75) is 6.18 Å². The Labute approximate surface area is 181 Å². The molecular formula is C24H17F3N2O3. The molecule has 1 heterocycles. The van der Waals surface area contributed by atoms with Gasteiger partial charge in [-0.3, -0.25) is 9.59 Å². The molecule has 5 nitrogen and oxygen atoms in total. The van der Waals surface area contributed by atoms with Crippen LogP contribution in [0.25, 0.3) is 5.57 Å². The maximum atomic E-state index is 13.3. The third-order valence-electron chi connectivity index (χ3n) is 4.92. The van der Waals surface area contributed by atoms with Crippen LogP contribution in [0.1, 0.15) is 11.1 Å². The van der Waals surface area contributed by atoms with Crippen molar-refractivity contribution < 1.29 is 27.5 Å². The lowest BCUT2D eigenvalue weighted by Crippen LogP contribution is -2.32. The predicted molar refractivity (Wildman–Crippen MR) is 114 cm³/mol. The maximum Gasteiger partial charge on any atom is 0.416 e. The Morgan fingerprint density at radius 1 is 0.844 bits per heavy atom. The van der Waals surface area contributed by atoms with Crippen LogP contribution >= 0.6 is 0 Å². The number of rotatable bonds is 5. The van der Waals surface area contributed by atoms with Gasteiger partial charge in [0.2, 0.25) is 0 Å². The molecule has 0 fully saturated rings. The number of hydrogen-bond acceptors (Lipinski definition) is 4. The molecule has 2 amide bonds. The van der Waals surface area contributed by atoms with Gasteiger partial charge in [-0.1, -0.05) is 42.5 Å². The first-order valence-corrected chi connectivity index (χ1v) is 9.56. The van der Waals surface area contributed by atoms with Crippen molar-refractivity contribution in [1.82, 2.24) is 0 Å². The van der Waals surface area contributed by atoms with Crippen LogP contribution in [-0.4, -0.2) is 18.9 Å². The number of nitrogens with one attached hydrogen (secondary N) is 1. The summed E-state index contributed by atoms with van der Waals surface area (Å²) in [5.74, 6) is -0.940. The highest BCUT2D eigenvalue weighted by molar-refractivity contribution is 6.46. The van der Waals surface area contributed by atoms with Gasteiger partial charge in [0.25, 0.3) is 11.8 Å². The molecule has 0 saturated heterocycles. The first kappa shape index (κ1) is 21.2. The molecule has 162 valence electrons. The van der Waals surface area contributed by atoms with Crippen molar-refractivity contribution in [3.05, 3.63) is 95.7 Å². The van der Waals surface area contributed by atoms with Gasteiger partial charge in [0.1, 0.15) is 11.4 Å². The van der Waals surface area contributed by atoms with Crippen LogP contribution in [0.15, 0.2) is 84.6 Å². The fourth-order valence-electron chi connectivity index (χ4n) is 3.42. The SMILES string of the molecule is COc1cccc(NC2=C(c3ccccc3)C(=O)N(c3cccc(C(F)(F)F)c3)C2=O)c1. The number of imide groups is 1. The Morgan fingerprint density at radius 2 is 1.56 bits per heavy atom. The van der Waals surface area contributed by atoms with Crippen molar-refractivity contribution in [2.24, 2.45) is 0 Å². The molecular weight excluding hydrogens is 421 g/mol. The molecule has 0 aliphatic carbocycles. The number of alkyl halides is 3. The van der Waals surface area contributed by atoms with Gasteiger partial charge in [-0.2, -0.15) is 13.2 Å². The number of carbonyl (C=O) groups excluding carboxylic acids is 2. The lowest BCUT2D eigenvalue weighted by Gasteiger charge is -2.17. The quantitative estimate of drug-likeness (QED) is 0.563. The molecule has 0 bridgehead atoms. The Hall–Kier alpha value is -4.07. The number of amides is 2. The molecule has 0 radical (unpaired) electrons. The van der Waals surface area contributed by atoms with Gasteiger partial charge in [0.05, 0.1) is 23.9 Å². The van der Waals surface area contributed by atoms with Gasteiger partial charge in [0, 0.05) is 11.8 Å². The Bertz CT molecular complexity index is 1220. The fraction of sp³-hybridized carbons (Fsp3) is 0.0833. The van der Waals surface area contributed by atoms with Crippen LogP contribution in [0.3, 0.4) is 0 Å². The van der Waals surface area contributed by atoms with E-state index in [-0.39, 0.29) is 17.0 Å². The van der Waals surface area contributed by atoms with E-state index in [1.165, 1.54) is 13.2 Å². The summed E-state index contributed by atoms with van der Waals surface area (Å²) in [5.41, 5.74) is -0.134. The minimum Gasteiger partial charge on any atom is -0.497 e. The van der Waals surface area contributed by atoms with Crippen molar-refractivity contribution in [1.29, 1.82) is 0 Å². The lowest BCUT2D eigenvalue weighted by molar-refractivity contribution is -0.137. The van der Waals surface area contributed by atoms with Gasteiger partial charge in [-0.25, -0.2) is 4.90 Å². The second kappa shape index (κ2) is 8.22. The Kier molecular flexibility index (Phi) is 5.44. The Balaban J connectivity index is 1.80. The van der Waals surface area contributed by atoms with Crippen LogP contribution in [0.5, 0.6) is 5.75 Å². The summed E-state index contributed by atoms with van der Waals surface area (Å²) in [5, 5.41) is 2.95. The fourth-order valence-corrected chi connectivity index (χ4v) is 3.42. The van der Waals surface area contributed by atoms with E-state index in [4.69, 9.17) is 4.74 Å². The van der Waals surface area contributed by atoms with Crippen molar-refractivity contribution in [3.8, 4) is 5.75 Å². The summed E-state index contributed by atoms with van der Waals surface area (Å²) < 4.78 is 44.8. The number of halogens is 3. The van der Waals surface area contributed by atoms with E-state index in [1.807, 2.05) is 0 Å². The number of methoxy groups -OCH3 is 1. The van der Waals surface area contributed by atoms with Gasteiger partial charge < -0.3 is 10.1 Å². The smallest absolute Gasteiger partial charge is 0.416 e. The van der Waals surface area contributed by atoms with Gasteiger partial charge in [-0.05, 0) is 35.9 Å². The summed E-state index contributed by atoms with van der Waals surface area (Å²) in [6.45, 7) is 0. The molecule has 4 rings (SSSR count). The zero-order valence-corrected chi connectivity index (χ0v) is 16.8. The zero-order chi connectivity index (χ0) is 22.9. The van der Waals surface area contributed by atoms with E-state index in [0.717, 1.165) is 23.1 Å². The average Bonchev–Trinajstić information content (AvgIpc) is 3.03. The number of anilines is 2. The first-order chi connectivity index (χ1) is 15.3. The van der Waals surface area contributed by atoms with Crippen LogP contribution < -0.4 is 15.0 Å². The van der Waals surface area contributed by atoms with Crippen molar-refractivity contribution in [3.63, 3.8) is 0 Å². The number of benzene rings is 3. The van der Waals surface area contributed by atoms with E-state index in [1.54, 1.807) is 54.6 Å². The summed E-state index contributed by atoms with van der Waals surface area (Å²) in [7, 11) is 1.49. The van der Waals surface area contributed by atoms with E-state index >= 15 is 0 Å². The van der Waals surface area contributed by atoms with Crippen molar-refractivity contribution in [2.75, 3.05) is 17.3 Å². The highest BCUT2D eigenvalue weighted by atomic mass is 19.4. The monoisotopic (exact) mass is 438 g/mol. The standard InChI is InChI=1S/C24H17F3N2O3/c1-32-19-12-6-10-17(14-19)28-21-20(15-7-3-2-4-8-15)22(30)29(23(21)31)18-11-5-9-16(13-18)24(25,26)27/h2-14,28H,1H3. The van der Waals surface area contributed by atoms with Gasteiger partial charge >= 0.3 is 6.18 Å². The minimum absolute atomic E-state index is 0.0353. The molecule has 32 heavy (non-hydrogen) atoms. The molecule has 1 aliphatic heterocycles. The van der Waals surface area contributed by atoms with Crippen LogP contribution in [-0.2, 0) is 15.8 Å². The maximum absolute atomic E-state index is 13.3. The summed E-state index contributed by atoms with van der Waals surface area (Å²) >= 11 is 0. The summed E-state index contributed by atoms with van der Waals surface area (Å²) in [4.78, 5) is 27.3. The largest absolute Gasteiger partial charge is 0.497 e. The molecule has 0 aromatic heterocycles. The van der Waals surface area contributed by atoms with Crippen LogP contribution in [0, 0.1) is 0 Å². The average molecular weight is 438 g/mol. The summed E-state index contributed by atoms with van der Waals surface area (Å²) in [6, 6.07) is 19.3. The van der Waals surface area contributed by atoms with E-state index < -0.39 is 23.6 Å². The topological polar surface area (TPSA) is 58.6 Å². The second-order valence-electron chi connectivity index (χ2n) is 6.97. The highest BCUT2D eigenvalue weighted by Gasteiger charge is 2.41. The minimum atomic E-state index is -4.61. The summed E-state index contributed by atoms with van der Waals surface area (Å²) in [6.07, 6.45) is -4.61. The van der Waals surface area contributed by atoms with E-state index in [9.17, 15) is 22.8 Å². The third-order valence-corrected chi connectivity index (χ3v) is 4.92. The lowest BCUT2D eigenvalue weighted by atomic mass is 10.0. The molecule has 0 unspecified atom stereocenters. The van der Waals surface area contributed by atoms with E-state index in [2.05, 4.69) is 5.32 Å². The zero-order valence-electron chi connectivity index (χ0n) is 16.8. The number of carbonyl (C=O) groups is 2. The highest BCUT2D eigenvalue weighted by Crippen LogP contribution is 2.37. The van der Waals surface area contributed by atoms with Crippen LogP contribution in [0.2, 0.25) is 0 Å². The first-order valence-electron chi connectivity index (χ1n) is 9.56. The molecule has 0 spiro atoms.